The molecule has 76 valence electrons. The van der Waals surface area contributed by atoms with E-state index in [2.05, 4.69) is 0 Å². The SMILES string of the molecule is CCCc1cc(O)cc(C(C)=O)c1O. The number of phenols is 2. The van der Waals surface area contributed by atoms with Gasteiger partial charge in [-0.2, -0.15) is 0 Å². The van der Waals surface area contributed by atoms with E-state index in [0.29, 0.717) is 12.0 Å². The second kappa shape index (κ2) is 4.13. The van der Waals surface area contributed by atoms with E-state index in [4.69, 9.17) is 0 Å². The summed E-state index contributed by atoms with van der Waals surface area (Å²) in [5, 5.41) is 19.0. The quantitative estimate of drug-likeness (QED) is 0.573. The molecule has 0 unspecified atom stereocenters. The van der Waals surface area contributed by atoms with Crippen LogP contribution < -0.4 is 0 Å². The van der Waals surface area contributed by atoms with Gasteiger partial charge < -0.3 is 10.2 Å². The number of Topliss-reactive ketones (excluding diaryl/α,β-unsaturated/α-hetero) is 1. The molecule has 0 aliphatic heterocycles. The molecule has 0 amide bonds. The van der Waals surface area contributed by atoms with Crippen LogP contribution in [-0.4, -0.2) is 16.0 Å². The number of hydrogen-bond donors (Lipinski definition) is 2. The minimum Gasteiger partial charge on any atom is -0.508 e. The minimum absolute atomic E-state index is 0.00264. The van der Waals surface area contributed by atoms with Gasteiger partial charge in [-0.1, -0.05) is 13.3 Å². The van der Waals surface area contributed by atoms with Gasteiger partial charge >= 0.3 is 0 Å². The average molecular weight is 194 g/mol. The summed E-state index contributed by atoms with van der Waals surface area (Å²) in [6, 6.07) is 2.78. The summed E-state index contributed by atoms with van der Waals surface area (Å²) in [6.45, 7) is 3.33. The molecule has 0 spiro atoms. The lowest BCUT2D eigenvalue weighted by Gasteiger charge is -2.07. The summed E-state index contributed by atoms with van der Waals surface area (Å²) >= 11 is 0. The van der Waals surface area contributed by atoms with Crippen molar-refractivity contribution in [1.82, 2.24) is 0 Å². The fourth-order valence-electron chi connectivity index (χ4n) is 1.41. The highest BCUT2D eigenvalue weighted by Crippen LogP contribution is 2.29. The van der Waals surface area contributed by atoms with E-state index in [0.717, 1.165) is 6.42 Å². The van der Waals surface area contributed by atoms with Gasteiger partial charge in [0.05, 0.1) is 5.56 Å². The first-order valence-corrected chi connectivity index (χ1v) is 4.62. The molecule has 3 nitrogen and oxygen atoms in total. The Hall–Kier alpha value is -1.51. The van der Waals surface area contributed by atoms with Crippen LogP contribution in [0.1, 0.15) is 36.2 Å². The van der Waals surface area contributed by atoms with E-state index in [1.54, 1.807) is 0 Å². The molecular weight excluding hydrogens is 180 g/mol. The summed E-state index contributed by atoms with van der Waals surface area (Å²) in [5.74, 6) is -0.218. The van der Waals surface area contributed by atoms with Gasteiger partial charge in [-0.15, -0.1) is 0 Å². The monoisotopic (exact) mass is 194 g/mol. The largest absolute Gasteiger partial charge is 0.508 e. The summed E-state index contributed by atoms with van der Waals surface area (Å²) in [6.07, 6.45) is 1.51. The normalized spacial score (nSPS) is 10.1. The predicted octanol–water partition coefficient (Wildman–Crippen LogP) is 2.25. The Morgan fingerprint density at radius 3 is 2.50 bits per heavy atom. The van der Waals surface area contributed by atoms with Crippen molar-refractivity contribution in [2.45, 2.75) is 26.7 Å². The first-order valence-electron chi connectivity index (χ1n) is 4.62. The maximum Gasteiger partial charge on any atom is 0.163 e. The molecular formula is C11H14O3. The van der Waals surface area contributed by atoms with Crippen LogP contribution in [0.15, 0.2) is 12.1 Å². The van der Waals surface area contributed by atoms with Crippen LogP contribution in [0.4, 0.5) is 0 Å². The molecule has 0 aliphatic carbocycles. The van der Waals surface area contributed by atoms with Gasteiger partial charge in [0.1, 0.15) is 11.5 Å². The van der Waals surface area contributed by atoms with Crippen molar-refractivity contribution < 1.29 is 15.0 Å². The zero-order chi connectivity index (χ0) is 10.7. The molecule has 1 rings (SSSR count). The highest BCUT2D eigenvalue weighted by molar-refractivity contribution is 5.97. The fourth-order valence-corrected chi connectivity index (χ4v) is 1.41. The Bertz CT molecular complexity index is 356. The van der Waals surface area contributed by atoms with Crippen molar-refractivity contribution in [3.8, 4) is 11.5 Å². The smallest absolute Gasteiger partial charge is 0.163 e. The van der Waals surface area contributed by atoms with Gasteiger partial charge in [0.2, 0.25) is 0 Å². The molecule has 0 aliphatic rings. The van der Waals surface area contributed by atoms with Crippen LogP contribution in [0, 0.1) is 0 Å². The van der Waals surface area contributed by atoms with Crippen LogP contribution in [0.5, 0.6) is 11.5 Å². The maximum atomic E-state index is 11.1. The molecule has 1 aromatic carbocycles. The Balaban J connectivity index is 3.24. The Kier molecular flexibility index (Phi) is 3.12. The topological polar surface area (TPSA) is 57.5 Å². The molecule has 3 heteroatoms. The molecule has 0 heterocycles. The zero-order valence-corrected chi connectivity index (χ0v) is 8.37. The second-order valence-electron chi connectivity index (χ2n) is 3.31. The Morgan fingerprint density at radius 2 is 2.00 bits per heavy atom. The van der Waals surface area contributed by atoms with E-state index < -0.39 is 0 Å². The second-order valence-corrected chi connectivity index (χ2v) is 3.31. The van der Waals surface area contributed by atoms with E-state index in [1.165, 1.54) is 19.1 Å². The summed E-state index contributed by atoms with van der Waals surface area (Å²) in [7, 11) is 0. The molecule has 0 aromatic heterocycles. The molecule has 1 aromatic rings. The van der Waals surface area contributed by atoms with Crippen LogP contribution in [-0.2, 0) is 6.42 Å². The van der Waals surface area contributed by atoms with Crippen LogP contribution in [0.2, 0.25) is 0 Å². The molecule has 0 fully saturated rings. The Morgan fingerprint density at radius 1 is 1.36 bits per heavy atom. The third-order valence-corrected chi connectivity index (χ3v) is 2.07. The van der Waals surface area contributed by atoms with Gasteiger partial charge in [0.25, 0.3) is 0 Å². The van der Waals surface area contributed by atoms with E-state index in [9.17, 15) is 15.0 Å². The number of aromatic hydroxyl groups is 2. The van der Waals surface area contributed by atoms with Crippen molar-refractivity contribution in [3.63, 3.8) is 0 Å². The van der Waals surface area contributed by atoms with Crippen LogP contribution in [0.25, 0.3) is 0 Å². The van der Waals surface area contributed by atoms with Gasteiger partial charge in [0.15, 0.2) is 5.78 Å². The van der Waals surface area contributed by atoms with Crippen molar-refractivity contribution >= 4 is 5.78 Å². The summed E-state index contributed by atoms with van der Waals surface area (Å²) in [5.41, 5.74) is 0.811. The standard InChI is InChI=1S/C11H14O3/c1-3-4-8-5-9(13)6-10(7(2)12)11(8)14/h5-6,13-14H,3-4H2,1-2H3. The number of carbonyl (C=O) groups is 1. The summed E-state index contributed by atoms with van der Waals surface area (Å²) < 4.78 is 0. The maximum absolute atomic E-state index is 11.1. The summed E-state index contributed by atoms with van der Waals surface area (Å²) in [4.78, 5) is 11.1. The lowest BCUT2D eigenvalue weighted by atomic mass is 10.0. The van der Waals surface area contributed by atoms with Crippen molar-refractivity contribution in [3.05, 3.63) is 23.3 Å². The first-order chi connectivity index (χ1) is 6.56. The van der Waals surface area contributed by atoms with Crippen LogP contribution in [0.3, 0.4) is 0 Å². The molecule has 14 heavy (non-hydrogen) atoms. The van der Waals surface area contributed by atoms with Gasteiger partial charge in [-0.05, 0) is 31.0 Å². The number of aryl methyl sites for hydroxylation is 1. The third-order valence-electron chi connectivity index (χ3n) is 2.07. The molecule has 0 saturated carbocycles. The number of phenolic OH excluding ortho intramolecular Hbond substituents is 2. The Labute approximate surface area is 83.0 Å². The lowest BCUT2D eigenvalue weighted by molar-refractivity contribution is 0.101. The van der Waals surface area contributed by atoms with Gasteiger partial charge in [0, 0.05) is 0 Å². The first kappa shape index (κ1) is 10.6. The van der Waals surface area contributed by atoms with Crippen molar-refractivity contribution in [2.24, 2.45) is 0 Å². The predicted molar refractivity (Wildman–Crippen MR) is 53.8 cm³/mol. The number of ketones is 1. The highest BCUT2D eigenvalue weighted by atomic mass is 16.3. The van der Waals surface area contributed by atoms with Crippen molar-refractivity contribution in [1.29, 1.82) is 0 Å². The van der Waals surface area contributed by atoms with E-state index in [-0.39, 0.29) is 22.8 Å². The number of rotatable bonds is 3. The van der Waals surface area contributed by atoms with Gasteiger partial charge in [-0.25, -0.2) is 0 Å². The zero-order valence-electron chi connectivity index (χ0n) is 8.37. The molecule has 2 N–H and O–H groups in total. The minimum atomic E-state index is -0.240. The third kappa shape index (κ3) is 2.05. The molecule has 0 saturated heterocycles. The van der Waals surface area contributed by atoms with Crippen molar-refractivity contribution in [2.75, 3.05) is 0 Å². The van der Waals surface area contributed by atoms with E-state index in [1.807, 2.05) is 6.92 Å². The fraction of sp³-hybridized carbons (Fsp3) is 0.364. The molecule has 0 radical (unpaired) electrons. The lowest BCUT2D eigenvalue weighted by Crippen LogP contribution is -1.96. The highest BCUT2D eigenvalue weighted by Gasteiger charge is 2.12. The number of benzene rings is 1. The molecule has 0 bridgehead atoms. The number of carbonyl (C=O) groups excluding carboxylic acids is 1. The average Bonchev–Trinajstić information content (AvgIpc) is 2.10. The number of hydrogen-bond acceptors (Lipinski definition) is 3. The van der Waals surface area contributed by atoms with E-state index >= 15 is 0 Å². The molecule has 0 atom stereocenters. The van der Waals surface area contributed by atoms with Gasteiger partial charge in [-0.3, -0.25) is 4.79 Å². The van der Waals surface area contributed by atoms with Crippen LogP contribution >= 0.6 is 0 Å².